The fourth-order valence-electron chi connectivity index (χ4n) is 3.55. The first-order valence-electron chi connectivity index (χ1n) is 8.83. The molecule has 25 heavy (non-hydrogen) atoms. The Balaban J connectivity index is 1.84. The Kier molecular flexibility index (Phi) is 5.18. The zero-order valence-electron chi connectivity index (χ0n) is 14.9. The van der Waals surface area contributed by atoms with Crippen molar-refractivity contribution >= 4 is 21.6 Å². The molecule has 7 heteroatoms. The summed E-state index contributed by atoms with van der Waals surface area (Å²) in [6, 6.07) is 5.10. The predicted molar refractivity (Wildman–Crippen MR) is 96.0 cm³/mol. The predicted octanol–water partition coefficient (Wildman–Crippen LogP) is 2.53. The Labute approximate surface area is 149 Å². The monoisotopic (exact) mass is 366 g/mol. The second kappa shape index (κ2) is 7.05. The number of morpholine rings is 1. The van der Waals surface area contributed by atoms with Crippen LogP contribution in [-0.4, -0.2) is 44.9 Å². The van der Waals surface area contributed by atoms with Crippen molar-refractivity contribution in [1.29, 1.82) is 0 Å². The van der Waals surface area contributed by atoms with Crippen LogP contribution in [-0.2, 0) is 19.6 Å². The van der Waals surface area contributed by atoms with Gasteiger partial charge in [0.25, 0.3) is 0 Å². The van der Waals surface area contributed by atoms with E-state index in [0.717, 1.165) is 25.7 Å². The molecule has 2 aliphatic rings. The van der Waals surface area contributed by atoms with Crippen LogP contribution in [0.4, 0.5) is 5.69 Å². The first-order chi connectivity index (χ1) is 11.8. The van der Waals surface area contributed by atoms with Crippen molar-refractivity contribution in [2.24, 2.45) is 5.41 Å². The van der Waals surface area contributed by atoms with E-state index < -0.39 is 10.0 Å². The van der Waals surface area contributed by atoms with E-state index in [0.29, 0.717) is 37.6 Å². The molecule has 6 nitrogen and oxygen atoms in total. The quantitative estimate of drug-likeness (QED) is 0.888. The van der Waals surface area contributed by atoms with Gasteiger partial charge in [0.2, 0.25) is 15.9 Å². The van der Waals surface area contributed by atoms with Gasteiger partial charge in [0, 0.05) is 24.2 Å². The third-order valence-corrected chi connectivity index (χ3v) is 7.33. The van der Waals surface area contributed by atoms with Crippen LogP contribution in [0.1, 0.15) is 38.2 Å². The number of hydrogen-bond donors (Lipinski definition) is 1. The summed E-state index contributed by atoms with van der Waals surface area (Å²) in [5, 5.41) is 2.92. The van der Waals surface area contributed by atoms with E-state index in [4.69, 9.17) is 4.74 Å². The molecule has 1 aromatic rings. The Morgan fingerprint density at radius 2 is 1.84 bits per heavy atom. The minimum Gasteiger partial charge on any atom is -0.379 e. The highest BCUT2D eigenvalue weighted by Crippen LogP contribution is 2.38. The summed E-state index contributed by atoms with van der Waals surface area (Å²) in [6.07, 6.45) is 3.89. The van der Waals surface area contributed by atoms with Crippen LogP contribution >= 0.6 is 0 Å². The molecule has 0 bridgehead atoms. The summed E-state index contributed by atoms with van der Waals surface area (Å²) in [5.41, 5.74) is 0.862. The summed E-state index contributed by atoms with van der Waals surface area (Å²) in [5.74, 6) is -0.0245. The van der Waals surface area contributed by atoms with Gasteiger partial charge in [0.1, 0.15) is 0 Å². The molecule has 1 saturated carbocycles. The number of sulfonamides is 1. The zero-order chi connectivity index (χ0) is 18.1. The number of rotatable bonds is 4. The van der Waals surface area contributed by atoms with Crippen LogP contribution in [0, 0.1) is 12.3 Å². The van der Waals surface area contributed by atoms with Crippen molar-refractivity contribution < 1.29 is 17.9 Å². The Bertz CT molecular complexity index is 748. The highest BCUT2D eigenvalue weighted by Gasteiger charge is 2.36. The van der Waals surface area contributed by atoms with Gasteiger partial charge in [-0.05, 0) is 37.5 Å². The van der Waals surface area contributed by atoms with Crippen molar-refractivity contribution in [3.05, 3.63) is 23.8 Å². The van der Waals surface area contributed by atoms with Gasteiger partial charge in [-0.2, -0.15) is 4.31 Å². The standard InChI is InChI=1S/C18H26N2O4S/c1-14-5-6-15(19-17(21)18(2)7-3-4-8-18)13-16(14)25(22,23)20-9-11-24-12-10-20/h5-6,13H,3-4,7-12H2,1-2H3,(H,19,21). The molecule has 3 rings (SSSR count). The Morgan fingerprint density at radius 3 is 2.48 bits per heavy atom. The molecular weight excluding hydrogens is 340 g/mol. The van der Waals surface area contributed by atoms with Crippen LogP contribution < -0.4 is 5.32 Å². The summed E-state index contributed by atoms with van der Waals surface area (Å²) < 4.78 is 32.5. The van der Waals surface area contributed by atoms with Gasteiger partial charge in [0.05, 0.1) is 18.1 Å². The minimum absolute atomic E-state index is 0.0245. The molecule has 1 amide bonds. The van der Waals surface area contributed by atoms with Crippen molar-refractivity contribution in [2.45, 2.75) is 44.4 Å². The van der Waals surface area contributed by atoms with Crippen LogP contribution in [0.25, 0.3) is 0 Å². The number of benzene rings is 1. The van der Waals surface area contributed by atoms with Crippen molar-refractivity contribution in [3.63, 3.8) is 0 Å². The molecule has 0 aromatic heterocycles. The van der Waals surface area contributed by atoms with Gasteiger partial charge < -0.3 is 10.1 Å². The SMILES string of the molecule is Cc1ccc(NC(=O)C2(C)CCCC2)cc1S(=O)(=O)N1CCOCC1. The summed E-state index contributed by atoms with van der Waals surface area (Å²) >= 11 is 0. The highest BCUT2D eigenvalue weighted by molar-refractivity contribution is 7.89. The number of nitrogens with one attached hydrogen (secondary N) is 1. The van der Waals surface area contributed by atoms with Crippen molar-refractivity contribution in [2.75, 3.05) is 31.6 Å². The first kappa shape index (κ1) is 18.4. The maximum absolute atomic E-state index is 12.9. The topological polar surface area (TPSA) is 75.7 Å². The molecule has 1 saturated heterocycles. The third-order valence-electron chi connectivity index (χ3n) is 5.29. The molecule has 1 heterocycles. The first-order valence-corrected chi connectivity index (χ1v) is 10.3. The number of anilines is 1. The lowest BCUT2D eigenvalue weighted by Crippen LogP contribution is -2.40. The average molecular weight is 366 g/mol. The highest BCUT2D eigenvalue weighted by atomic mass is 32.2. The fraction of sp³-hybridized carbons (Fsp3) is 0.611. The van der Waals surface area contributed by atoms with E-state index in [1.165, 1.54) is 4.31 Å². The van der Waals surface area contributed by atoms with E-state index in [-0.39, 0.29) is 16.2 Å². The minimum atomic E-state index is -3.58. The lowest BCUT2D eigenvalue weighted by atomic mass is 9.88. The van der Waals surface area contributed by atoms with Crippen LogP contribution in [0.2, 0.25) is 0 Å². The molecule has 0 radical (unpaired) electrons. The molecule has 1 aliphatic carbocycles. The summed E-state index contributed by atoms with van der Waals surface area (Å²) in [6.45, 7) is 5.29. The maximum atomic E-state index is 12.9. The van der Waals surface area contributed by atoms with Crippen molar-refractivity contribution in [3.8, 4) is 0 Å². The Hall–Kier alpha value is -1.44. The number of carbonyl (C=O) groups is 1. The lowest BCUT2D eigenvalue weighted by Gasteiger charge is -2.27. The number of amides is 1. The molecule has 1 aliphatic heterocycles. The molecule has 0 atom stereocenters. The largest absolute Gasteiger partial charge is 0.379 e. The zero-order valence-corrected chi connectivity index (χ0v) is 15.7. The second-order valence-corrected chi connectivity index (χ2v) is 9.12. The lowest BCUT2D eigenvalue weighted by molar-refractivity contribution is -0.124. The van der Waals surface area contributed by atoms with E-state index in [2.05, 4.69) is 5.32 Å². The van der Waals surface area contributed by atoms with E-state index in [9.17, 15) is 13.2 Å². The van der Waals surface area contributed by atoms with Crippen LogP contribution in [0.3, 0.4) is 0 Å². The van der Waals surface area contributed by atoms with Crippen LogP contribution in [0.5, 0.6) is 0 Å². The Morgan fingerprint density at radius 1 is 1.20 bits per heavy atom. The van der Waals surface area contributed by atoms with Gasteiger partial charge in [-0.25, -0.2) is 8.42 Å². The van der Waals surface area contributed by atoms with Gasteiger partial charge >= 0.3 is 0 Å². The number of ether oxygens (including phenoxy) is 1. The van der Waals surface area contributed by atoms with Crippen molar-refractivity contribution in [1.82, 2.24) is 4.31 Å². The number of hydrogen-bond acceptors (Lipinski definition) is 4. The fourth-order valence-corrected chi connectivity index (χ4v) is 5.20. The molecule has 0 unspecified atom stereocenters. The number of aryl methyl sites for hydroxylation is 1. The number of nitrogens with zero attached hydrogens (tertiary/aromatic N) is 1. The molecular formula is C18H26N2O4S. The maximum Gasteiger partial charge on any atom is 0.243 e. The van der Waals surface area contributed by atoms with Gasteiger partial charge in [-0.15, -0.1) is 0 Å². The van der Waals surface area contributed by atoms with E-state index in [1.54, 1.807) is 25.1 Å². The molecule has 2 fully saturated rings. The number of carbonyl (C=O) groups excluding carboxylic acids is 1. The second-order valence-electron chi connectivity index (χ2n) is 7.22. The molecule has 0 spiro atoms. The van der Waals surface area contributed by atoms with E-state index in [1.807, 2.05) is 6.92 Å². The van der Waals surface area contributed by atoms with Gasteiger partial charge in [-0.1, -0.05) is 25.8 Å². The molecule has 1 aromatic carbocycles. The smallest absolute Gasteiger partial charge is 0.243 e. The van der Waals surface area contributed by atoms with Gasteiger partial charge in [-0.3, -0.25) is 4.79 Å². The van der Waals surface area contributed by atoms with Crippen LogP contribution in [0.15, 0.2) is 23.1 Å². The normalized spacial score (nSPS) is 21.2. The summed E-state index contributed by atoms with van der Waals surface area (Å²) in [7, 11) is -3.58. The third kappa shape index (κ3) is 3.73. The average Bonchev–Trinajstić information content (AvgIpc) is 3.05. The molecule has 138 valence electrons. The molecule has 1 N–H and O–H groups in total. The summed E-state index contributed by atoms with van der Waals surface area (Å²) in [4.78, 5) is 12.9. The van der Waals surface area contributed by atoms with E-state index >= 15 is 0 Å². The van der Waals surface area contributed by atoms with Gasteiger partial charge in [0.15, 0.2) is 0 Å².